The molecule has 2 N–H and O–H groups in total. The van der Waals surface area contributed by atoms with Crippen molar-refractivity contribution in [3.8, 4) is 0 Å². The maximum absolute atomic E-state index is 12.0. The van der Waals surface area contributed by atoms with Crippen molar-refractivity contribution in [2.75, 3.05) is 29.9 Å². The van der Waals surface area contributed by atoms with Gasteiger partial charge in [-0.1, -0.05) is 6.92 Å². The number of carbonyl (C=O) groups is 1. The molecular formula is C19H24N4O. The van der Waals surface area contributed by atoms with Crippen LogP contribution in [0.2, 0.25) is 0 Å². The zero-order chi connectivity index (χ0) is 16.8. The lowest BCUT2D eigenvalue weighted by Crippen LogP contribution is -2.24. The molecule has 3 rings (SSSR count). The minimum Gasteiger partial charge on any atom is -0.372 e. The minimum absolute atomic E-state index is 0.0858. The van der Waals surface area contributed by atoms with Crippen molar-refractivity contribution >= 4 is 23.0 Å². The molecule has 1 amide bonds. The molecule has 126 valence electrons. The lowest BCUT2D eigenvalue weighted by Gasteiger charge is -2.18. The van der Waals surface area contributed by atoms with Crippen molar-refractivity contribution in [1.29, 1.82) is 0 Å². The van der Waals surface area contributed by atoms with Gasteiger partial charge in [-0.2, -0.15) is 0 Å². The van der Waals surface area contributed by atoms with Gasteiger partial charge in [0.1, 0.15) is 0 Å². The van der Waals surface area contributed by atoms with Gasteiger partial charge in [0.15, 0.2) is 0 Å². The van der Waals surface area contributed by atoms with Crippen molar-refractivity contribution in [2.45, 2.75) is 26.2 Å². The molecule has 24 heavy (non-hydrogen) atoms. The molecule has 0 unspecified atom stereocenters. The van der Waals surface area contributed by atoms with E-state index in [1.807, 2.05) is 13.0 Å². The quantitative estimate of drug-likeness (QED) is 0.853. The molecule has 1 aromatic carbocycles. The highest BCUT2D eigenvalue weighted by Crippen LogP contribution is 2.24. The number of hydrogen-bond acceptors (Lipinski definition) is 4. The van der Waals surface area contributed by atoms with Crippen molar-refractivity contribution in [1.82, 2.24) is 10.3 Å². The van der Waals surface area contributed by atoms with Gasteiger partial charge in [0.05, 0.1) is 17.4 Å². The van der Waals surface area contributed by atoms with Gasteiger partial charge in [-0.3, -0.25) is 9.78 Å². The molecule has 0 aliphatic carbocycles. The summed E-state index contributed by atoms with van der Waals surface area (Å²) in [4.78, 5) is 18.6. The molecule has 1 aliphatic heterocycles. The fraction of sp³-hybridized carbons (Fsp3) is 0.368. The Labute approximate surface area is 143 Å². The number of nitrogens with one attached hydrogen (secondary N) is 2. The average molecular weight is 324 g/mol. The molecule has 1 saturated heterocycles. The Balaban J connectivity index is 1.66. The molecule has 2 aromatic rings. The van der Waals surface area contributed by atoms with Crippen molar-refractivity contribution in [3.05, 3.63) is 48.3 Å². The summed E-state index contributed by atoms with van der Waals surface area (Å²) in [5, 5.41) is 6.18. The van der Waals surface area contributed by atoms with Gasteiger partial charge in [0.2, 0.25) is 0 Å². The van der Waals surface area contributed by atoms with E-state index in [1.54, 1.807) is 12.4 Å². The first kappa shape index (κ1) is 16.3. The van der Waals surface area contributed by atoms with Gasteiger partial charge >= 0.3 is 0 Å². The van der Waals surface area contributed by atoms with E-state index in [0.717, 1.165) is 30.9 Å². The maximum atomic E-state index is 12.0. The van der Waals surface area contributed by atoms with E-state index in [-0.39, 0.29) is 5.91 Å². The Bertz CT molecular complexity index is 678. The number of anilines is 3. The highest BCUT2D eigenvalue weighted by atomic mass is 16.1. The summed E-state index contributed by atoms with van der Waals surface area (Å²) >= 11 is 0. The van der Waals surface area contributed by atoms with Crippen molar-refractivity contribution in [3.63, 3.8) is 0 Å². The molecule has 5 nitrogen and oxygen atoms in total. The van der Waals surface area contributed by atoms with Crippen LogP contribution in [0.25, 0.3) is 0 Å². The fourth-order valence-electron chi connectivity index (χ4n) is 2.87. The molecule has 1 aromatic heterocycles. The normalized spacial score (nSPS) is 13.8. The molecule has 1 fully saturated rings. The number of benzene rings is 1. The first-order chi connectivity index (χ1) is 11.8. The highest BCUT2D eigenvalue weighted by molar-refractivity contribution is 5.94. The van der Waals surface area contributed by atoms with E-state index in [0.29, 0.717) is 12.1 Å². The number of amides is 1. The minimum atomic E-state index is -0.0858. The average Bonchev–Trinajstić information content (AvgIpc) is 3.15. The standard InChI is InChI=1S/C19H24N4O/c1-2-9-21-19(24)15-12-17(14-20-13-15)22-16-5-7-18(8-6-16)23-10-3-4-11-23/h5-8,12-14,22H,2-4,9-11H2,1H3,(H,21,24). The molecule has 0 atom stereocenters. The van der Waals surface area contributed by atoms with Crippen molar-refractivity contribution in [2.24, 2.45) is 0 Å². The monoisotopic (exact) mass is 324 g/mol. The summed E-state index contributed by atoms with van der Waals surface area (Å²) in [5.74, 6) is -0.0858. The van der Waals surface area contributed by atoms with E-state index in [1.165, 1.54) is 18.5 Å². The molecular weight excluding hydrogens is 300 g/mol. The van der Waals surface area contributed by atoms with Crippen molar-refractivity contribution < 1.29 is 4.79 Å². The predicted molar refractivity (Wildman–Crippen MR) is 98.0 cm³/mol. The smallest absolute Gasteiger partial charge is 0.252 e. The number of aromatic nitrogens is 1. The fourth-order valence-corrected chi connectivity index (χ4v) is 2.87. The molecule has 5 heteroatoms. The highest BCUT2D eigenvalue weighted by Gasteiger charge is 2.12. The summed E-state index contributed by atoms with van der Waals surface area (Å²) in [7, 11) is 0. The second-order valence-electron chi connectivity index (χ2n) is 6.08. The van der Waals surface area contributed by atoms with E-state index < -0.39 is 0 Å². The third-order valence-electron chi connectivity index (χ3n) is 4.16. The maximum Gasteiger partial charge on any atom is 0.252 e. The molecule has 2 heterocycles. The van der Waals surface area contributed by atoms with Gasteiger partial charge in [-0.15, -0.1) is 0 Å². The van der Waals surface area contributed by atoms with E-state index in [2.05, 4.69) is 44.8 Å². The summed E-state index contributed by atoms with van der Waals surface area (Å²) in [6, 6.07) is 10.2. The first-order valence-corrected chi connectivity index (χ1v) is 8.61. The van der Waals surface area contributed by atoms with Gasteiger partial charge in [-0.05, 0) is 49.6 Å². The van der Waals surface area contributed by atoms with Crippen LogP contribution in [-0.4, -0.2) is 30.5 Å². The van der Waals surface area contributed by atoms with Gasteiger partial charge < -0.3 is 15.5 Å². The topological polar surface area (TPSA) is 57.3 Å². The van der Waals surface area contributed by atoms with Crippen LogP contribution in [0.5, 0.6) is 0 Å². The molecule has 0 bridgehead atoms. The molecule has 1 aliphatic rings. The third-order valence-corrected chi connectivity index (χ3v) is 4.16. The summed E-state index contributed by atoms with van der Waals surface area (Å²) in [6.45, 7) is 4.99. The van der Waals surface area contributed by atoms with Crippen LogP contribution >= 0.6 is 0 Å². The van der Waals surface area contributed by atoms with Crippen LogP contribution in [0.15, 0.2) is 42.7 Å². The van der Waals surface area contributed by atoms with Crippen LogP contribution < -0.4 is 15.5 Å². The zero-order valence-corrected chi connectivity index (χ0v) is 14.1. The SMILES string of the molecule is CCCNC(=O)c1cncc(Nc2ccc(N3CCCC3)cc2)c1. The van der Waals surface area contributed by atoms with Gasteiger partial charge in [0.25, 0.3) is 5.91 Å². The zero-order valence-electron chi connectivity index (χ0n) is 14.1. The van der Waals surface area contributed by atoms with Crippen LogP contribution in [0, 0.1) is 0 Å². The van der Waals surface area contributed by atoms with Crippen LogP contribution in [-0.2, 0) is 0 Å². The van der Waals surface area contributed by atoms with Crippen LogP contribution in [0.4, 0.5) is 17.1 Å². The second kappa shape index (κ2) is 7.81. The largest absolute Gasteiger partial charge is 0.372 e. The third kappa shape index (κ3) is 4.04. The second-order valence-corrected chi connectivity index (χ2v) is 6.08. The number of rotatable bonds is 6. The lowest BCUT2D eigenvalue weighted by atomic mass is 10.2. The summed E-state index contributed by atoms with van der Waals surface area (Å²) in [6.07, 6.45) is 6.79. The summed E-state index contributed by atoms with van der Waals surface area (Å²) in [5.41, 5.74) is 3.64. The van der Waals surface area contributed by atoms with E-state index in [4.69, 9.17) is 0 Å². The number of nitrogens with zero attached hydrogens (tertiary/aromatic N) is 2. The Hall–Kier alpha value is -2.56. The van der Waals surface area contributed by atoms with Crippen LogP contribution in [0.3, 0.4) is 0 Å². The number of pyridine rings is 1. The predicted octanol–water partition coefficient (Wildman–Crippen LogP) is 3.57. The number of carbonyl (C=O) groups excluding carboxylic acids is 1. The van der Waals surface area contributed by atoms with Gasteiger partial charge in [0, 0.05) is 37.2 Å². The molecule has 0 spiro atoms. The molecule has 0 saturated carbocycles. The van der Waals surface area contributed by atoms with Gasteiger partial charge in [-0.25, -0.2) is 0 Å². The first-order valence-electron chi connectivity index (χ1n) is 8.61. The summed E-state index contributed by atoms with van der Waals surface area (Å²) < 4.78 is 0. The Kier molecular flexibility index (Phi) is 5.31. The Morgan fingerprint density at radius 1 is 1.12 bits per heavy atom. The Morgan fingerprint density at radius 3 is 2.58 bits per heavy atom. The van der Waals surface area contributed by atoms with E-state index >= 15 is 0 Å². The Morgan fingerprint density at radius 2 is 1.88 bits per heavy atom. The van der Waals surface area contributed by atoms with E-state index in [9.17, 15) is 4.79 Å². The molecule has 0 radical (unpaired) electrons. The van der Waals surface area contributed by atoms with Crippen LogP contribution in [0.1, 0.15) is 36.5 Å². The lowest BCUT2D eigenvalue weighted by molar-refractivity contribution is 0.0953. The number of hydrogen-bond donors (Lipinski definition) is 2.